The molecule has 4 rings (SSSR count). The third-order valence-electron chi connectivity index (χ3n) is 5.39. The molecule has 0 saturated carbocycles. The van der Waals surface area contributed by atoms with Crippen LogP contribution in [0.1, 0.15) is 18.2 Å². The number of aromatic nitrogens is 1. The highest BCUT2D eigenvalue weighted by Gasteiger charge is 2.20. The predicted octanol–water partition coefficient (Wildman–Crippen LogP) is 2.95. The van der Waals surface area contributed by atoms with Crippen LogP contribution in [0.3, 0.4) is 0 Å². The number of nitrogens with zero attached hydrogens (tertiary/aromatic N) is 5. The molecule has 1 aromatic carbocycles. The highest BCUT2D eigenvalue weighted by molar-refractivity contribution is 14.0. The summed E-state index contributed by atoms with van der Waals surface area (Å²) in [5.74, 6) is 1.00. The molecule has 1 fully saturated rings. The molecule has 0 spiro atoms. The van der Waals surface area contributed by atoms with Gasteiger partial charge in [0.05, 0.1) is 12.2 Å². The van der Waals surface area contributed by atoms with Crippen molar-refractivity contribution in [3.05, 3.63) is 60.0 Å². The Bertz CT molecular complexity index is 822. The van der Waals surface area contributed by atoms with Crippen LogP contribution in [0.15, 0.2) is 58.3 Å². The number of guanidine groups is 1. The standard InChI is InChI=1S/C22H30N6O.HI/c1-2-23-22(28-13-11-26(12-14-28)18-20-8-15-29-25-20)24-17-19-6-5-7-21(16-19)27-9-3-4-10-27;/h3-8,15-16H,2,9-14,17-18H2,1H3,(H,23,24);1H. The maximum absolute atomic E-state index is 4.94. The summed E-state index contributed by atoms with van der Waals surface area (Å²) in [5.41, 5.74) is 3.51. The van der Waals surface area contributed by atoms with E-state index >= 15 is 0 Å². The molecule has 0 unspecified atom stereocenters. The Morgan fingerprint density at radius 1 is 1.13 bits per heavy atom. The second kappa shape index (κ2) is 11.4. The minimum atomic E-state index is 0. The van der Waals surface area contributed by atoms with Crippen molar-refractivity contribution in [2.24, 2.45) is 4.99 Å². The molecule has 0 amide bonds. The van der Waals surface area contributed by atoms with Crippen molar-refractivity contribution in [1.29, 1.82) is 0 Å². The molecule has 1 aromatic heterocycles. The maximum atomic E-state index is 4.94. The van der Waals surface area contributed by atoms with Crippen molar-refractivity contribution < 1.29 is 4.52 Å². The molecular formula is C22H31IN6O. The van der Waals surface area contributed by atoms with Crippen LogP contribution in [0.25, 0.3) is 0 Å². The van der Waals surface area contributed by atoms with Gasteiger partial charge in [-0.1, -0.05) is 29.4 Å². The fourth-order valence-corrected chi connectivity index (χ4v) is 3.80. The van der Waals surface area contributed by atoms with Crippen LogP contribution in [0.4, 0.5) is 5.69 Å². The van der Waals surface area contributed by atoms with Crippen LogP contribution in [-0.4, -0.2) is 66.7 Å². The Morgan fingerprint density at radius 3 is 2.63 bits per heavy atom. The SMILES string of the molecule is CCNC(=NCc1cccc(N2CC=CC2)c1)N1CCN(Cc2ccon2)CC1.I. The molecule has 1 N–H and O–H groups in total. The third kappa shape index (κ3) is 5.98. The van der Waals surface area contributed by atoms with E-state index in [0.29, 0.717) is 6.54 Å². The molecule has 3 heterocycles. The van der Waals surface area contributed by atoms with Crippen molar-refractivity contribution in [3.63, 3.8) is 0 Å². The summed E-state index contributed by atoms with van der Waals surface area (Å²) >= 11 is 0. The number of anilines is 1. The van der Waals surface area contributed by atoms with Gasteiger partial charge in [0, 0.05) is 64.1 Å². The molecule has 7 nitrogen and oxygen atoms in total. The van der Waals surface area contributed by atoms with E-state index in [9.17, 15) is 0 Å². The lowest BCUT2D eigenvalue weighted by atomic mass is 10.2. The number of piperazine rings is 1. The Labute approximate surface area is 195 Å². The number of nitrogens with one attached hydrogen (secondary N) is 1. The minimum absolute atomic E-state index is 0. The zero-order valence-corrected chi connectivity index (χ0v) is 19.9. The Morgan fingerprint density at radius 2 is 1.93 bits per heavy atom. The zero-order chi connectivity index (χ0) is 19.9. The van der Waals surface area contributed by atoms with Crippen molar-refractivity contribution in [2.45, 2.75) is 20.0 Å². The molecule has 2 aliphatic heterocycles. The minimum Gasteiger partial charge on any atom is -0.364 e. The lowest BCUT2D eigenvalue weighted by Crippen LogP contribution is -2.52. The van der Waals surface area contributed by atoms with Gasteiger partial charge in [0.2, 0.25) is 0 Å². The van der Waals surface area contributed by atoms with Crippen molar-refractivity contribution in [2.75, 3.05) is 50.7 Å². The van der Waals surface area contributed by atoms with Gasteiger partial charge in [0.1, 0.15) is 6.26 Å². The first-order chi connectivity index (χ1) is 14.3. The summed E-state index contributed by atoms with van der Waals surface area (Å²) in [7, 11) is 0. The number of hydrogen-bond acceptors (Lipinski definition) is 5. The van der Waals surface area contributed by atoms with E-state index < -0.39 is 0 Å². The van der Waals surface area contributed by atoms with Crippen LogP contribution < -0.4 is 10.2 Å². The van der Waals surface area contributed by atoms with Gasteiger partial charge < -0.3 is 19.6 Å². The normalized spacial score (nSPS) is 17.3. The quantitative estimate of drug-likeness (QED) is 0.273. The van der Waals surface area contributed by atoms with Gasteiger partial charge in [-0.25, -0.2) is 4.99 Å². The van der Waals surface area contributed by atoms with Gasteiger partial charge in [0.15, 0.2) is 5.96 Å². The summed E-state index contributed by atoms with van der Waals surface area (Å²) in [6, 6.07) is 10.7. The molecule has 2 aliphatic rings. The summed E-state index contributed by atoms with van der Waals surface area (Å²) in [6.07, 6.45) is 6.07. The number of benzene rings is 1. The Kier molecular flexibility index (Phi) is 8.56. The number of halogens is 1. The molecule has 30 heavy (non-hydrogen) atoms. The van der Waals surface area contributed by atoms with Gasteiger partial charge in [-0.2, -0.15) is 0 Å². The van der Waals surface area contributed by atoms with Crippen molar-refractivity contribution in [1.82, 2.24) is 20.3 Å². The summed E-state index contributed by atoms with van der Waals surface area (Å²) < 4.78 is 4.94. The average Bonchev–Trinajstić information content (AvgIpc) is 3.46. The second-order valence-electron chi connectivity index (χ2n) is 7.47. The lowest BCUT2D eigenvalue weighted by Gasteiger charge is -2.36. The average molecular weight is 522 g/mol. The molecule has 2 aromatic rings. The first-order valence-electron chi connectivity index (χ1n) is 10.5. The van der Waals surface area contributed by atoms with Crippen molar-refractivity contribution >= 4 is 35.6 Å². The summed E-state index contributed by atoms with van der Waals surface area (Å²) in [4.78, 5) is 12.1. The van der Waals surface area contributed by atoms with Gasteiger partial charge >= 0.3 is 0 Å². The predicted molar refractivity (Wildman–Crippen MR) is 131 cm³/mol. The van der Waals surface area contributed by atoms with E-state index in [0.717, 1.165) is 64.0 Å². The number of hydrogen-bond donors (Lipinski definition) is 1. The van der Waals surface area contributed by atoms with E-state index in [-0.39, 0.29) is 24.0 Å². The molecule has 0 aliphatic carbocycles. The van der Waals surface area contributed by atoms with Crippen LogP contribution in [0.5, 0.6) is 0 Å². The zero-order valence-electron chi connectivity index (χ0n) is 17.5. The Hall–Kier alpha value is -2.07. The van der Waals surface area contributed by atoms with E-state index in [1.165, 1.54) is 11.3 Å². The van der Waals surface area contributed by atoms with Crippen molar-refractivity contribution in [3.8, 4) is 0 Å². The lowest BCUT2D eigenvalue weighted by molar-refractivity contribution is 0.169. The van der Waals surface area contributed by atoms with E-state index in [1.807, 2.05) is 6.07 Å². The topological polar surface area (TPSA) is 60.1 Å². The van der Waals surface area contributed by atoms with Crippen LogP contribution >= 0.6 is 24.0 Å². The first kappa shape index (κ1) is 22.6. The molecule has 0 atom stereocenters. The van der Waals surface area contributed by atoms with Gasteiger partial charge in [-0.05, 0) is 24.6 Å². The van der Waals surface area contributed by atoms with Gasteiger partial charge in [-0.3, -0.25) is 4.90 Å². The third-order valence-corrected chi connectivity index (χ3v) is 5.39. The summed E-state index contributed by atoms with van der Waals surface area (Å²) in [6.45, 7) is 10.4. The van der Waals surface area contributed by atoms with Gasteiger partial charge in [-0.15, -0.1) is 24.0 Å². The molecule has 162 valence electrons. The van der Waals surface area contributed by atoms with Crippen LogP contribution in [-0.2, 0) is 13.1 Å². The number of rotatable bonds is 6. The van der Waals surface area contributed by atoms with E-state index in [4.69, 9.17) is 9.52 Å². The van der Waals surface area contributed by atoms with E-state index in [1.54, 1.807) is 6.26 Å². The van der Waals surface area contributed by atoms with Crippen LogP contribution in [0.2, 0.25) is 0 Å². The fraction of sp³-hybridized carbons (Fsp3) is 0.455. The van der Waals surface area contributed by atoms with E-state index in [2.05, 4.69) is 68.5 Å². The molecule has 1 saturated heterocycles. The van der Waals surface area contributed by atoms with Crippen LogP contribution in [0, 0.1) is 0 Å². The smallest absolute Gasteiger partial charge is 0.194 e. The first-order valence-corrected chi connectivity index (χ1v) is 10.5. The highest BCUT2D eigenvalue weighted by Crippen LogP contribution is 2.19. The second-order valence-corrected chi connectivity index (χ2v) is 7.47. The Balaban J connectivity index is 0.00000256. The monoisotopic (exact) mass is 522 g/mol. The van der Waals surface area contributed by atoms with Gasteiger partial charge in [0.25, 0.3) is 0 Å². The summed E-state index contributed by atoms with van der Waals surface area (Å²) in [5, 5.41) is 7.48. The maximum Gasteiger partial charge on any atom is 0.194 e. The molecule has 0 radical (unpaired) electrons. The molecular weight excluding hydrogens is 491 g/mol. The molecule has 0 bridgehead atoms. The number of aliphatic imine (C=N–C) groups is 1. The largest absolute Gasteiger partial charge is 0.364 e. The fourth-order valence-electron chi connectivity index (χ4n) is 3.80. The molecule has 8 heteroatoms. The highest BCUT2D eigenvalue weighted by atomic mass is 127.